The molecule has 0 aliphatic carbocycles. The monoisotopic (exact) mass is 722 g/mol. The molecule has 8 heteroatoms. The van der Waals surface area contributed by atoms with Crippen LogP contribution in [0.5, 0.6) is 17.2 Å². The highest BCUT2D eigenvalue weighted by Gasteiger charge is 2.54. The van der Waals surface area contributed by atoms with E-state index in [1.54, 1.807) is 21.3 Å². The quantitative estimate of drug-likeness (QED) is 0.106. The van der Waals surface area contributed by atoms with Crippen molar-refractivity contribution in [3.63, 3.8) is 0 Å². The molecule has 0 saturated carbocycles. The molecular formula is C36H40Br2N2O4+2. The fraction of sp³-hybridized carbons (Fsp3) is 0.361. The lowest BCUT2D eigenvalue weighted by Gasteiger charge is -2.58. The first-order chi connectivity index (χ1) is 21.3. The summed E-state index contributed by atoms with van der Waals surface area (Å²) in [6, 6.07) is 20.5. The van der Waals surface area contributed by atoms with E-state index >= 15 is 0 Å². The number of quaternary nitrogens is 1. The third-order valence-electron chi connectivity index (χ3n) is 9.95. The fourth-order valence-corrected chi connectivity index (χ4v) is 8.31. The van der Waals surface area contributed by atoms with Gasteiger partial charge >= 0.3 is 0 Å². The molecule has 230 valence electrons. The molecule has 6 nitrogen and oxygen atoms in total. The second-order valence-corrected chi connectivity index (χ2v) is 13.9. The second-order valence-electron chi connectivity index (χ2n) is 12.2. The maximum atomic E-state index is 12.4. The third-order valence-corrected chi connectivity index (χ3v) is 11.5. The number of fused-ring (bicyclic) bond motifs is 4. The number of benzene rings is 3. The Bertz CT molecular complexity index is 1690. The highest BCUT2D eigenvalue weighted by molar-refractivity contribution is 9.10. The summed E-state index contributed by atoms with van der Waals surface area (Å²) in [5.41, 5.74) is 4.29. The number of hydrogen-bond acceptors (Lipinski definition) is 4. The summed E-state index contributed by atoms with van der Waals surface area (Å²) in [4.78, 5) is 0. The van der Waals surface area contributed by atoms with Gasteiger partial charge in [0.1, 0.15) is 35.9 Å². The number of piperidine rings is 3. The average molecular weight is 725 g/mol. The Morgan fingerprint density at radius 2 is 1.57 bits per heavy atom. The van der Waals surface area contributed by atoms with Gasteiger partial charge in [0.15, 0.2) is 12.7 Å². The van der Waals surface area contributed by atoms with Crippen molar-refractivity contribution in [1.82, 2.24) is 0 Å². The molecule has 1 unspecified atom stereocenters. The van der Waals surface area contributed by atoms with E-state index in [2.05, 4.69) is 91.7 Å². The van der Waals surface area contributed by atoms with Crippen LogP contribution in [0.3, 0.4) is 0 Å². The van der Waals surface area contributed by atoms with Gasteiger partial charge in [0.25, 0.3) is 0 Å². The number of aliphatic hydroxyl groups is 1. The molecule has 0 radical (unpaired) electrons. The summed E-state index contributed by atoms with van der Waals surface area (Å²) in [6.45, 7) is 7.66. The van der Waals surface area contributed by atoms with Crippen molar-refractivity contribution in [2.75, 3.05) is 34.4 Å². The minimum absolute atomic E-state index is 0.0424. The van der Waals surface area contributed by atoms with Gasteiger partial charge in [-0.25, -0.2) is 0 Å². The highest BCUT2D eigenvalue weighted by Crippen LogP contribution is 2.48. The average Bonchev–Trinajstić information content (AvgIpc) is 3.06. The van der Waals surface area contributed by atoms with Gasteiger partial charge in [-0.3, -0.25) is 0 Å². The van der Waals surface area contributed by atoms with Gasteiger partial charge in [-0.1, -0.05) is 37.9 Å². The zero-order valence-corrected chi connectivity index (χ0v) is 28.7. The summed E-state index contributed by atoms with van der Waals surface area (Å²) < 4.78 is 21.9. The zero-order chi connectivity index (χ0) is 31.0. The van der Waals surface area contributed by atoms with Crippen LogP contribution in [-0.4, -0.2) is 50.1 Å². The smallest absolute Gasteiger partial charge is 0.213 e. The number of nitrogens with zero attached hydrogens (tertiary/aromatic N) is 2. The van der Waals surface area contributed by atoms with Gasteiger partial charge in [-0.15, -0.1) is 6.58 Å². The minimum Gasteiger partial charge on any atom is -0.497 e. The topological polar surface area (TPSA) is 51.8 Å². The zero-order valence-electron chi connectivity index (χ0n) is 25.5. The van der Waals surface area contributed by atoms with Crippen LogP contribution >= 0.6 is 31.9 Å². The van der Waals surface area contributed by atoms with Crippen LogP contribution in [-0.2, 0) is 13.1 Å². The van der Waals surface area contributed by atoms with E-state index in [4.69, 9.17) is 14.2 Å². The minimum atomic E-state index is -0.652. The molecule has 3 saturated heterocycles. The summed E-state index contributed by atoms with van der Waals surface area (Å²) in [7, 11) is 5.08. The van der Waals surface area contributed by atoms with Gasteiger partial charge in [-0.05, 0) is 54.4 Å². The predicted molar refractivity (Wildman–Crippen MR) is 180 cm³/mol. The van der Waals surface area contributed by atoms with Crippen molar-refractivity contribution in [1.29, 1.82) is 0 Å². The summed E-state index contributed by atoms with van der Waals surface area (Å²) >= 11 is 7.53. The first-order valence-electron chi connectivity index (χ1n) is 15.1. The van der Waals surface area contributed by atoms with Crippen molar-refractivity contribution < 1.29 is 28.4 Å². The Balaban J connectivity index is 1.42. The molecule has 4 aromatic rings. The molecule has 3 aliphatic rings. The molecule has 4 heterocycles. The van der Waals surface area contributed by atoms with Crippen molar-refractivity contribution in [3.8, 4) is 17.2 Å². The molecule has 1 aromatic heterocycles. The lowest BCUT2D eigenvalue weighted by Crippen LogP contribution is -2.67. The summed E-state index contributed by atoms with van der Waals surface area (Å²) in [6.07, 6.45) is 5.69. The number of halogens is 2. The molecule has 2 bridgehead atoms. The van der Waals surface area contributed by atoms with Gasteiger partial charge in [0, 0.05) is 56.5 Å². The van der Waals surface area contributed by atoms with Crippen molar-refractivity contribution in [3.05, 3.63) is 105 Å². The van der Waals surface area contributed by atoms with E-state index in [0.717, 1.165) is 85.2 Å². The van der Waals surface area contributed by atoms with Crippen LogP contribution in [0, 0.1) is 11.8 Å². The molecule has 0 spiro atoms. The van der Waals surface area contributed by atoms with E-state index in [9.17, 15) is 5.11 Å². The SMILES string of the molecule is C=C[C@H]1C[N+]2(Cc3cc(OC)ccc3Br)CC[C@H]1C[C@@H]2[C@@H](O)c1cc[n+](Cc2cc(OC)ccc2Br)c2ccc(OC)cc12. The Hall–Kier alpha value is -2.91. The molecular weight excluding hydrogens is 684 g/mol. The maximum absolute atomic E-state index is 12.4. The lowest BCUT2D eigenvalue weighted by molar-refractivity contribution is -0.985. The molecule has 3 aromatic carbocycles. The van der Waals surface area contributed by atoms with E-state index in [-0.39, 0.29) is 6.04 Å². The molecule has 3 aliphatic heterocycles. The van der Waals surface area contributed by atoms with Crippen LogP contribution in [0.1, 0.15) is 35.6 Å². The molecule has 5 atom stereocenters. The number of hydrogen-bond donors (Lipinski definition) is 1. The Morgan fingerprint density at radius 1 is 0.932 bits per heavy atom. The molecule has 3 fully saturated rings. The number of ether oxygens (including phenoxy) is 3. The number of methoxy groups -OCH3 is 3. The predicted octanol–water partition coefficient (Wildman–Crippen LogP) is 7.37. The normalized spacial score (nSPS) is 23.4. The van der Waals surface area contributed by atoms with Gasteiger partial charge in [0.05, 0.1) is 39.8 Å². The first kappa shape index (κ1) is 31.1. The largest absolute Gasteiger partial charge is 0.497 e. The standard InChI is InChI=1S/C36H40Br2N2O4/c1-5-23-21-40(22-26-17-28(43-3)7-10-33(26)38)15-13-24(23)18-35(40)36(41)30-12-14-39(34-11-8-29(44-4)19-31(30)34)20-25-16-27(42-2)6-9-32(25)37/h5-12,14,16-17,19,23-24,35-36,41H,1,13,15,18,20-22H2,2-4H3/q+2/t23-,24-,35+,36-,40?/m0/s1. The van der Waals surface area contributed by atoms with Crippen LogP contribution in [0.4, 0.5) is 0 Å². The number of rotatable bonds is 10. The van der Waals surface area contributed by atoms with Gasteiger partial charge < -0.3 is 23.8 Å². The van der Waals surface area contributed by atoms with Crippen LogP contribution in [0.15, 0.2) is 88.5 Å². The van der Waals surface area contributed by atoms with E-state index in [0.29, 0.717) is 18.4 Å². The van der Waals surface area contributed by atoms with Gasteiger partial charge in [0.2, 0.25) is 5.52 Å². The lowest BCUT2D eigenvalue weighted by atomic mass is 9.71. The molecule has 7 rings (SSSR count). The van der Waals surface area contributed by atoms with Gasteiger partial charge in [-0.2, -0.15) is 4.57 Å². The molecule has 1 N–H and O–H groups in total. The van der Waals surface area contributed by atoms with E-state index in [1.807, 2.05) is 24.3 Å². The van der Waals surface area contributed by atoms with E-state index < -0.39 is 6.10 Å². The number of aliphatic hydroxyl groups excluding tert-OH is 1. The Kier molecular flexibility index (Phi) is 9.07. The second kappa shape index (κ2) is 12.8. The van der Waals surface area contributed by atoms with Crippen LogP contribution in [0.2, 0.25) is 0 Å². The number of pyridine rings is 1. The van der Waals surface area contributed by atoms with Crippen LogP contribution < -0.4 is 18.8 Å². The first-order valence-corrected chi connectivity index (χ1v) is 16.7. The maximum Gasteiger partial charge on any atom is 0.213 e. The van der Waals surface area contributed by atoms with Crippen molar-refractivity contribution >= 4 is 42.8 Å². The Labute approximate surface area is 276 Å². The van der Waals surface area contributed by atoms with Crippen molar-refractivity contribution in [2.24, 2.45) is 11.8 Å². The summed E-state index contributed by atoms with van der Waals surface area (Å²) in [5.74, 6) is 3.40. The van der Waals surface area contributed by atoms with Crippen molar-refractivity contribution in [2.45, 2.75) is 38.1 Å². The molecule has 0 amide bonds. The molecule has 44 heavy (non-hydrogen) atoms. The highest BCUT2D eigenvalue weighted by atomic mass is 79.9. The summed E-state index contributed by atoms with van der Waals surface area (Å²) in [5, 5.41) is 13.4. The third kappa shape index (κ3) is 5.78. The fourth-order valence-electron chi connectivity index (χ4n) is 7.57. The van der Waals surface area contributed by atoms with Crippen LogP contribution in [0.25, 0.3) is 10.9 Å². The van der Waals surface area contributed by atoms with E-state index in [1.165, 1.54) is 5.56 Å². The number of aromatic nitrogens is 1. The Morgan fingerprint density at radius 3 is 2.25 bits per heavy atom.